The Morgan fingerprint density at radius 3 is 2.54 bits per heavy atom. The lowest BCUT2D eigenvalue weighted by molar-refractivity contribution is 0.145. The molecule has 1 aromatic rings. The molecule has 0 aromatic carbocycles. The Bertz CT molecular complexity index is 317. The monoisotopic (exact) mass is 210 g/mol. The molecule has 0 radical (unpaired) electrons. The van der Waals surface area contributed by atoms with Crippen molar-refractivity contribution in [1.29, 1.82) is 0 Å². The van der Waals surface area contributed by atoms with Crippen LogP contribution < -0.4 is 5.73 Å². The van der Waals surface area contributed by atoms with E-state index in [1.165, 1.54) is 0 Å². The maximum Gasteiger partial charge on any atom is 0.267 e. The van der Waals surface area contributed by atoms with Gasteiger partial charge in [-0.2, -0.15) is 0 Å². The first-order valence-corrected chi connectivity index (χ1v) is 3.76. The lowest BCUT2D eigenvalue weighted by atomic mass is 10.1. The van der Waals surface area contributed by atoms with Crippen LogP contribution in [0.4, 0.5) is 13.2 Å². The van der Waals surface area contributed by atoms with Gasteiger partial charge in [-0.25, -0.2) is 18.2 Å². The first kappa shape index (κ1) is 10.3. The normalized spacial score (nSPS) is 10.9. The third-order valence-electron chi connectivity index (χ3n) is 1.55. The van der Waals surface area contributed by atoms with Crippen LogP contribution in [-0.2, 0) is 6.54 Å². The van der Waals surface area contributed by atoms with Gasteiger partial charge >= 0.3 is 0 Å². The smallest absolute Gasteiger partial charge is 0.267 e. The van der Waals surface area contributed by atoms with Gasteiger partial charge in [0, 0.05) is 12.1 Å². The average molecular weight is 211 g/mol. The van der Waals surface area contributed by atoms with E-state index in [0.29, 0.717) is 6.20 Å². The fraction of sp³-hybridized carbons (Fsp3) is 0.286. The maximum atomic E-state index is 12.8. The summed E-state index contributed by atoms with van der Waals surface area (Å²) in [6.45, 7) is -0.261. The molecule has 1 aromatic heterocycles. The molecule has 0 saturated carbocycles. The largest absolute Gasteiger partial charge is 0.326 e. The highest BCUT2D eigenvalue weighted by Gasteiger charge is 2.20. The quantitative estimate of drug-likeness (QED) is 0.761. The molecule has 1 heterocycles. The van der Waals surface area contributed by atoms with Gasteiger partial charge in [0.05, 0.1) is 11.8 Å². The highest BCUT2D eigenvalue weighted by molar-refractivity contribution is 6.30. The van der Waals surface area contributed by atoms with Crippen LogP contribution in [0.25, 0.3) is 0 Å². The molecule has 2 nitrogen and oxygen atoms in total. The summed E-state index contributed by atoms with van der Waals surface area (Å²) >= 11 is 5.45. The van der Waals surface area contributed by atoms with E-state index in [1.807, 2.05) is 0 Å². The van der Waals surface area contributed by atoms with E-state index in [-0.39, 0.29) is 17.3 Å². The van der Waals surface area contributed by atoms with Gasteiger partial charge in [0.15, 0.2) is 5.82 Å². The van der Waals surface area contributed by atoms with E-state index < -0.39 is 17.8 Å². The summed E-state index contributed by atoms with van der Waals surface area (Å²) in [7, 11) is 0. The van der Waals surface area contributed by atoms with Crippen molar-refractivity contribution in [2.45, 2.75) is 13.0 Å². The van der Waals surface area contributed by atoms with Gasteiger partial charge in [-0.05, 0) is 0 Å². The topological polar surface area (TPSA) is 38.9 Å². The van der Waals surface area contributed by atoms with Crippen molar-refractivity contribution in [3.05, 3.63) is 28.3 Å². The number of hydrogen-bond donors (Lipinski definition) is 1. The predicted molar refractivity (Wildman–Crippen MR) is 42.1 cm³/mol. The van der Waals surface area contributed by atoms with Crippen molar-refractivity contribution >= 4 is 11.6 Å². The molecular weight excluding hydrogens is 205 g/mol. The van der Waals surface area contributed by atoms with Gasteiger partial charge in [-0.1, -0.05) is 11.6 Å². The van der Waals surface area contributed by atoms with E-state index in [9.17, 15) is 13.2 Å². The van der Waals surface area contributed by atoms with Crippen molar-refractivity contribution < 1.29 is 13.2 Å². The second kappa shape index (κ2) is 3.93. The Labute approximate surface area is 77.5 Å². The van der Waals surface area contributed by atoms with Gasteiger partial charge in [-0.3, -0.25) is 0 Å². The minimum Gasteiger partial charge on any atom is -0.326 e. The summed E-state index contributed by atoms with van der Waals surface area (Å²) in [6, 6.07) is 0. The molecule has 1 rings (SSSR count). The minimum atomic E-state index is -2.93. The van der Waals surface area contributed by atoms with E-state index >= 15 is 0 Å². The van der Waals surface area contributed by atoms with E-state index in [0.717, 1.165) is 0 Å². The summed E-state index contributed by atoms with van der Waals surface area (Å²) < 4.78 is 37.4. The van der Waals surface area contributed by atoms with Crippen LogP contribution in [0, 0.1) is 5.82 Å². The molecule has 72 valence electrons. The first-order valence-electron chi connectivity index (χ1n) is 3.39. The zero-order valence-corrected chi connectivity index (χ0v) is 7.15. The molecule has 0 aliphatic carbocycles. The van der Waals surface area contributed by atoms with Crippen molar-refractivity contribution in [2.75, 3.05) is 0 Å². The molecule has 0 saturated heterocycles. The molecule has 13 heavy (non-hydrogen) atoms. The molecule has 0 aliphatic heterocycles. The van der Waals surface area contributed by atoms with Crippen LogP contribution in [0.1, 0.15) is 17.6 Å². The number of nitrogens with two attached hydrogens (primary N) is 1. The van der Waals surface area contributed by atoms with E-state index in [1.54, 1.807) is 0 Å². The van der Waals surface area contributed by atoms with Gasteiger partial charge in [0.2, 0.25) is 0 Å². The molecule has 0 fully saturated rings. The molecule has 0 amide bonds. The first-order chi connectivity index (χ1) is 6.07. The molecule has 2 N–H and O–H groups in total. The molecule has 0 unspecified atom stereocenters. The van der Waals surface area contributed by atoms with Crippen molar-refractivity contribution in [3.8, 4) is 0 Å². The molecule has 6 heteroatoms. The summed E-state index contributed by atoms with van der Waals surface area (Å²) in [5.41, 5.74) is 4.23. The van der Waals surface area contributed by atoms with Crippen LogP contribution in [0.3, 0.4) is 0 Å². The summed E-state index contributed by atoms with van der Waals surface area (Å²) in [5, 5.41) is -0.181. The second-order valence-electron chi connectivity index (χ2n) is 2.29. The van der Waals surface area contributed by atoms with Crippen molar-refractivity contribution in [3.63, 3.8) is 0 Å². The van der Waals surface area contributed by atoms with Crippen LogP contribution in [0.15, 0.2) is 6.20 Å². The van der Waals surface area contributed by atoms with Crippen molar-refractivity contribution in [1.82, 2.24) is 4.98 Å². The standard InChI is InChI=1S/C7H6ClF3N2/c8-6-3(1-12)5(7(10)11)4(9)2-13-6/h2,7H,1,12H2. The fourth-order valence-electron chi connectivity index (χ4n) is 0.946. The Balaban J connectivity index is 3.35. The SMILES string of the molecule is NCc1c(Cl)ncc(F)c1C(F)F. The number of hydrogen-bond acceptors (Lipinski definition) is 2. The third kappa shape index (κ3) is 1.92. The zero-order chi connectivity index (χ0) is 10.0. The zero-order valence-electron chi connectivity index (χ0n) is 6.40. The van der Waals surface area contributed by atoms with Gasteiger partial charge in [-0.15, -0.1) is 0 Å². The number of aromatic nitrogens is 1. The number of halogens is 4. The summed E-state index contributed by atoms with van der Waals surface area (Å²) in [4.78, 5) is 3.37. The Morgan fingerprint density at radius 1 is 1.54 bits per heavy atom. The van der Waals surface area contributed by atoms with Crippen LogP contribution >= 0.6 is 11.6 Å². The summed E-state index contributed by atoms with van der Waals surface area (Å²) in [6.07, 6.45) is -2.28. The lowest BCUT2D eigenvalue weighted by Gasteiger charge is -2.08. The van der Waals surface area contributed by atoms with Gasteiger partial charge < -0.3 is 5.73 Å². The fourth-order valence-corrected chi connectivity index (χ4v) is 1.17. The summed E-state index contributed by atoms with van der Waals surface area (Å²) in [5.74, 6) is -1.08. The third-order valence-corrected chi connectivity index (χ3v) is 1.87. The Kier molecular flexibility index (Phi) is 3.11. The molecule has 0 aliphatic rings. The van der Waals surface area contributed by atoms with Gasteiger partial charge in [0.25, 0.3) is 6.43 Å². The van der Waals surface area contributed by atoms with Gasteiger partial charge in [0.1, 0.15) is 5.15 Å². The van der Waals surface area contributed by atoms with E-state index in [4.69, 9.17) is 17.3 Å². The molecule has 0 bridgehead atoms. The highest BCUT2D eigenvalue weighted by Crippen LogP contribution is 2.28. The molecule has 0 spiro atoms. The predicted octanol–water partition coefficient (Wildman–Crippen LogP) is 2.27. The van der Waals surface area contributed by atoms with Crippen molar-refractivity contribution in [2.24, 2.45) is 5.73 Å². The number of nitrogens with zero attached hydrogens (tertiary/aromatic N) is 1. The second-order valence-corrected chi connectivity index (χ2v) is 2.65. The molecular formula is C7H6ClF3N2. The molecule has 0 atom stereocenters. The lowest BCUT2D eigenvalue weighted by Crippen LogP contribution is -2.06. The van der Waals surface area contributed by atoms with Crippen LogP contribution in [0.2, 0.25) is 5.15 Å². The Hall–Kier alpha value is -0.810. The minimum absolute atomic E-state index is 0.142. The number of rotatable bonds is 2. The van der Waals surface area contributed by atoms with Crippen LogP contribution in [0.5, 0.6) is 0 Å². The maximum absolute atomic E-state index is 12.8. The van der Waals surface area contributed by atoms with E-state index in [2.05, 4.69) is 4.98 Å². The highest BCUT2D eigenvalue weighted by atomic mass is 35.5. The van der Waals surface area contributed by atoms with Crippen LogP contribution in [-0.4, -0.2) is 4.98 Å². The number of pyridine rings is 1. The average Bonchev–Trinajstić information content (AvgIpc) is 2.07. The Morgan fingerprint density at radius 2 is 2.15 bits per heavy atom. The number of alkyl halides is 2.